The topological polar surface area (TPSA) is 59.7 Å². The van der Waals surface area contributed by atoms with E-state index < -0.39 is 5.82 Å². The molecule has 4 rings (SSSR count). The fraction of sp³-hybridized carbons (Fsp3) is 0.308. The van der Waals surface area contributed by atoms with Gasteiger partial charge in [0.05, 0.1) is 5.52 Å². The van der Waals surface area contributed by atoms with Crippen molar-refractivity contribution in [2.75, 3.05) is 46.2 Å². The van der Waals surface area contributed by atoms with Gasteiger partial charge in [-0.25, -0.2) is 4.39 Å². The number of aromatic amines is 1. The molecule has 1 N–H and O–H groups in total. The SMILES string of the molecule is CC(=O)N1CCC=C(c2cc(-c3ccccc3N(C)C)c3cc(C(=O)N(C)C)[nH]c3c2F)C1. The van der Waals surface area contributed by atoms with Crippen molar-refractivity contribution in [3.05, 3.63) is 59.5 Å². The largest absolute Gasteiger partial charge is 0.377 e. The summed E-state index contributed by atoms with van der Waals surface area (Å²) < 4.78 is 15.9. The molecule has 1 aromatic heterocycles. The maximum Gasteiger partial charge on any atom is 0.269 e. The van der Waals surface area contributed by atoms with Crippen LogP contribution in [0.3, 0.4) is 0 Å². The first-order valence-corrected chi connectivity index (χ1v) is 11.0. The smallest absolute Gasteiger partial charge is 0.269 e. The molecule has 3 aromatic rings. The Morgan fingerprint density at radius 1 is 1.03 bits per heavy atom. The zero-order valence-electron chi connectivity index (χ0n) is 19.7. The van der Waals surface area contributed by atoms with E-state index in [1.165, 1.54) is 11.8 Å². The highest BCUT2D eigenvalue weighted by atomic mass is 19.1. The molecule has 0 bridgehead atoms. The fourth-order valence-corrected chi connectivity index (χ4v) is 4.37. The quantitative estimate of drug-likeness (QED) is 0.645. The summed E-state index contributed by atoms with van der Waals surface area (Å²) in [4.78, 5) is 32.9. The van der Waals surface area contributed by atoms with Crippen LogP contribution in [0.15, 0.2) is 42.5 Å². The molecule has 0 atom stereocenters. The van der Waals surface area contributed by atoms with Gasteiger partial charge in [0.15, 0.2) is 5.82 Å². The summed E-state index contributed by atoms with van der Waals surface area (Å²) in [7, 11) is 7.27. The lowest BCUT2D eigenvalue weighted by Crippen LogP contribution is -2.33. The maximum atomic E-state index is 15.9. The number of hydrogen-bond donors (Lipinski definition) is 1. The number of anilines is 1. The summed E-state index contributed by atoms with van der Waals surface area (Å²) in [6, 6.07) is 11.5. The van der Waals surface area contributed by atoms with Crippen molar-refractivity contribution in [3.8, 4) is 11.1 Å². The van der Waals surface area contributed by atoms with Crippen molar-refractivity contribution in [1.82, 2.24) is 14.8 Å². The number of carbonyl (C=O) groups excluding carboxylic acids is 2. The summed E-state index contributed by atoms with van der Waals surface area (Å²) in [5.74, 6) is -0.664. The second-order valence-electron chi connectivity index (χ2n) is 8.83. The molecule has 1 aliphatic rings. The van der Waals surface area contributed by atoms with Crippen molar-refractivity contribution in [1.29, 1.82) is 0 Å². The van der Waals surface area contributed by atoms with Gasteiger partial charge in [-0.3, -0.25) is 9.59 Å². The third-order valence-corrected chi connectivity index (χ3v) is 6.11. The number of benzene rings is 2. The molecular formula is C26H29FN4O2. The number of nitrogens with zero attached hydrogens (tertiary/aromatic N) is 3. The zero-order chi connectivity index (χ0) is 23.9. The molecule has 7 heteroatoms. The first-order valence-electron chi connectivity index (χ1n) is 11.0. The molecule has 2 amide bonds. The summed E-state index contributed by atoms with van der Waals surface area (Å²) in [6.07, 6.45) is 2.67. The van der Waals surface area contributed by atoms with Gasteiger partial charge in [0.2, 0.25) is 5.91 Å². The molecule has 33 heavy (non-hydrogen) atoms. The predicted octanol–water partition coefficient (Wildman–Crippen LogP) is 4.38. The van der Waals surface area contributed by atoms with Crippen LogP contribution in [0.1, 0.15) is 29.4 Å². The average molecular weight is 449 g/mol. The van der Waals surface area contributed by atoms with Gasteiger partial charge >= 0.3 is 0 Å². The minimum atomic E-state index is -0.412. The second-order valence-corrected chi connectivity index (χ2v) is 8.83. The highest BCUT2D eigenvalue weighted by Gasteiger charge is 2.24. The molecule has 0 saturated carbocycles. The van der Waals surface area contributed by atoms with Gasteiger partial charge in [-0.1, -0.05) is 24.3 Å². The number of nitrogens with one attached hydrogen (secondary N) is 1. The Hall–Kier alpha value is -3.61. The summed E-state index contributed by atoms with van der Waals surface area (Å²) in [6.45, 7) is 2.52. The number of amides is 2. The van der Waals surface area contributed by atoms with E-state index in [2.05, 4.69) is 4.98 Å². The Balaban J connectivity index is 2.00. The zero-order valence-corrected chi connectivity index (χ0v) is 19.7. The lowest BCUT2D eigenvalue weighted by molar-refractivity contribution is -0.128. The molecule has 0 fully saturated rings. The van der Waals surface area contributed by atoms with Crippen LogP contribution < -0.4 is 4.90 Å². The van der Waals surface area contributed by atoms with Crippen LogP contribution in [0.2, 0.25) is 0 Å². The predicted molar refractivity (Wildman–Crippen MR) is 131 cm³/mol. The summed E-state index contributed by atoms with van der Waals surface area (Å²) in [5.41, 5.74) is 4.61. The van der Waals surface area contributed by atoms with Crippen molar-refractivity contribution < 1.29 is 14.0 Å². The molecule has 0 unspecified atom stereocenters. The maximum absolute atomic E-state index is 15.9. The highest BCUT2D eigenvalue weighted by molar-refractivity contribution is 6.06. The number of carbonyl (C=O) groups is 2. The van der Waals surface area contributed by atoms with Crippen LogP contribution in [0.25, 0.3) is 27.6 Å². The van der Waals surface area contributed by atoms with Gasteiger partial charge in [-0.15, -0.1) is 0 Å². The van der Waals surface area contributed by atoms with Crippen LogP contribution in [-0.4, -0.2) is 67.9 Å². The van der Waals surface area contributed by atoms with E-state index in [0.29, 0.717) is 41.7 Å². The normalized spacial score (nSPS) is 13.8. The first kappa shape index (κ1) is 22.6. The molecule has 172 valence electrons. The minimum absolute atomic E-state index is 0.0287. The highest BCUT2D eigenvalue weighted by Crippen LogP contribution is 2.40. The number of H-pyrrole nitrogens is 1. The van der Waals surface area contributed by atoms with Gasteiger partial charge in [0, 0.05) is 70.4 Å². The van der Waals surface area contributed by atoms with Crippen LogP contribution in [0.5, 0.6) is 0 Å². The molecule has 2 aromatic carbocycles. The number of rotatable bonds is 4. The van der Waals surface area contributed by atoms with E-state index >= 15 is 4.39 Å². The van der Waals surface area contributed by atoms with E-state index in [1.807, 2.05) is 55.4 Å². The van der Waals surface area contributed by atoms with E-state index in [1.54, 1.807) is 25.1 Å². The number of fused-ring (bicyclic) bond motifs is 1. The molecule has 0 aliphatic carbocycles. The van der Waals surface area contributed by atoms with Gasteiger partial charge in [0.25, 0.3) is 5.91 Å². The van der Waals surface area contributed by atoms with Gasteiger partial charge in [0.1, 0.15) is 5.69 Å². The Kier molecular flexibility index (Phi) is 5.97. The standard InChI is InChI=1S/C26H29FN4O2/c1-16(32)31-12-8-9-17(15-31)19-13-20(18-10-6-7-11-23(18)29(2)3)21-14-22(26(33)30(4)5)28-25(21)24(19)27/h6-7,9-11,13-14,28H,8,12,15H2,1-5H3. The number of aromatic nitrogens is 1. The molecule has 6 nitrogen and oxygen atoms in total. The number of halogens is 1. The molecule has 0 saturated heterocycles. The van der Waals surface area contributed by atoms with Crippen molar-refractivity contribution in [2.45, 2.75) is 13.3 Å². The van der Waals surface area contributed by atoms with E-state index in [9.17, 15) is 9.59 Å². The number of para-hydroxylation sites is 1. The van der Waals surface area contributed by atoms with Gasteiger partial charge in [-0.2, -0.15) is 0 Å². The van der Waals surface area contributed by atoms with Crippen molar-refractivity contribution in [2.24, 2.45) is 0 Å². The van der Waals surface area contributed by atoms with E-state index in [4.69, 9.17) is 0 Å². The minimum Gasteiger partial charge on any atom is -0.377 e. The first-order chi connectivity index (χ1) is 15.7. The van der Waals surface area contributed by atoms with Crippen LogP contribution >= 0.6 is 0 Å². The molecular weight excluding hydrogens is 419 g/mol. The Morgan fingerprint density at radius 3 is 2.42 bits per heavy atom. The monoisotopic (exact) mass is 448 g/mol. The average Bonchev–Trinajstić information content (AvgIpc) is 3.25. The molecule has 0 spiro atoms. The Bertz CT molecular complexity index is 1270. The van der Waals surface area contributed by atoms with Crippen LogP contribution in [0, 0.1) is 5.82 Å². The second kappa shape index (κ2) is 8.73. The summed E-state index contributed by atoms with van der Waals surface area (Å²) in [5, 5.41) is 0.649. The van der Waals surface area contributed by atoms with Gasteiger partial charge < -0.3 is 19.7 Å². The molecule has 1 aliphatic heterocycles. The Morgan fingerprint density at radius 2 is 1.76 bits per heavy atom. The Labute approximate surface area is 193 Å². The third-order valence-electron chi connectivity index (χ3n) is 6.11. The lowest BCUT2D eigenvalue weighted by atomic mass is 9.92. The van der Waals surface area contributed by atoms with Crippen LogP contribution in [-0.2, 0) is 4.79 Å². The van der Waals surface area contributed by atoms with Crippen molar-refractivity contribution in [3.63, 3.8) is 0 Å². The van der Waals surface area contributed by atoms with E-state index in [0.717, 1.165) is 22.4 Å². The van der Waals surface area contributed by atoms with Crippen LogP contribution in [0.4, 0.5) is 10.1 Å². The molecule has 0 radical (unpaired) electrons. The fourth-order valence-electron chi connectivity index (χ4n) is 4.37. The summed E-state index contributed by atoms with van der Waals surface area (Å²) >= 11 is 0. The number of hydrogen-bond acceptors (Lipinski definition) is 3. The molecule has 2 heterocycles. The van der Waals surface area contributed by atoms with Gasteiger partial charge in [-0.05, 0) is 35.8 Å². The lowest BCUT2D eigenvalue weighted by Gasteiger charge is -2.27. The van der Waals surface area contributed by atoms with E-state index in [-0.39, 0.29) is 11.8 Å². The van der Waals surface area contributed by atoms with Crippen molar-refractivity contribution >= 4 is 34.0 Å². The third kappa shape index (κ3) is 4.11.